The summed E-state index contributed by atoms with van der Waals surface area (Å²) in [5.41, 5.74) is 7.62. The smallest absolute Gasteiger partial charge is 0.224 e. The number of likely N-dealkylation sites (tertiary alicyclic amines) is 4. The van der Waals surface area contributed by atoms with Crippen LogP contribution in [0.25, 0.3) is 33.1 Å². The van der Waals surface area contributed by atoms with Crippen LogP contribution in [0.3, 0.4) is 0 Å². The monoisotopic (exact) mass is 1430 g/mol. The number of piperidine rings is 4. The van der Waals surface area contributed by atoms with Gasteiger partial charge in [0.15, 0.2) is 0 Å². The molecular weight excluding hydrogens is 1290 g/mol. The first kappa shape index (κ1) is 77.1. The fourth-order valence-corrected chi connectivity index (χ4v) is 20.5. The Balaban J connectivity index is 0.000000139. The molecule has 19 nitrogen and oxygen atoms in total. The number of anilines is 3. The number of nitrogens with one attached hydrogen (secondary N) is 3. The normalized spacial score (nSPS) is 26.6. The number of hydrogen-bond donors (Lipinski definition) is 6. The molecule has 9 fully saturated rings. The summed E-state index contributed by atoms with van der Waals surface area (Å²) in [6.07, 6.45) is 55.7. The van der Waals surface area contributed by atoms with Gasteiger partial charge >= 0.3 is 0 Å². The van der Waals surface area contributed by atoms with Gasteiger partial charge in [-0.1, -0.05) is 78.6 Å². The minimum atomic E-state index is -0.141. The van der Waals surface area contributed by atoms with E-state index in [4.69, 9.17) is 29.9 Å². The lowest BCUT2D eigenvalue weighted by Gasteiger charge is -2.41. The van der Waals surface area contributed by atoms with Crippen LogP contribution in [0.1, 0.15) is 325 Å². The molecule has 0 aromatic carbocycles. The average molecular weight is 1430 g/mol. The Kier molecular flexibility index (Phi) is 27.7. The van der Waals surface area contributed by atoms with E-state index >= 15 is 0 Å². The topological polar surface area (TPSA) is 202 Å². The maximum absolute atomic E-state index is 10.1. The predicted octanol–water partition coefficient (Wildman–Crippen LogP) is 17.1. The van der Waals surface area contributed by atoms with Gasteiger partial charge in [0.25, 0.3) is 0 Å². The molecule has 19 heteroatoms. The highest BCUT2D eigenvalue weighted by molar-refractivity contribution is 5.83. The van der Waals surface area contributed by atoms with Crippen LogP contribution in [0.4, 0.5) is 17.8 Å². The predicted molar refractivity (Wildman–Crippen MR) is 427 cm³/mol. The van der Waals surface area contributed by atoms with Crippen molar-refractivity contribution in [3.8, 4) is 0 Å². The standard InChI is InChI=1S/C29H47N5O.C28H46N6O.C28H45N5O/c1-3-7-21(2)31-29-30-18-26-27(20-34(28(26)32-29)24-10-12-25(35)13-11-24)23-14-16-33(17-15-23)19-22-8-5-4-6-9-22;1-4-5-20(2)30-28-29-18-25-26(19-34(27(25)31-28)23-6-8-24(35)9-7-23)21-10-16-33(17-11-21)22-12-14-32(3)15-13-22;1-3-7-20(2)30-28-29-18-25-26(19-33(27(25)31-28)23-10-12-24(34)13-11-23)21-14-16-32(17-15-21)22-8-5-4-6-9-22/h18,20-25,35H,3-17,19H2,1-2H3,(H,30,31,32);18-24,35H,4-17H2,1-3H3,(H,29,30,31);18-24,34H,3-17H2,1-2H3,(H,29,30,31)/t21-,24?,25?;2*20-,23?,24?/m000/s1. The molecule has 3 atom stereocenters. The first-order chi connectivity index (χ1) is 50.7. The molecule has 5 saturated carbocycles. The van der Waals surface area contributed by atoms with Gasteiger partial charge < -0.3 is 64.6 Å². The SMILES string of the molecule is CCC[C@H](C)Nc1ncc2c(C3CCN(C4CCCCC4)CC3)cn(C3CCC(O)CC3)c2n1.CCC[C@H](C)Nc1ncc2c(C3CCN(C4CCN(C)CC4)CC3)cn(C3CCC(O)CC3)c2n1.CCC[C@H](C)Nc1ncc2c(C3CCN(CC4CCCCC4)CC3)cn(C3CCC(O)CC3)c2n1. The number of aromatic nitrogens is 9. The summed E-state index contributed by atoms with van der Waals surface area (Å²) in [6, 6.07) is 3.99. The second kappa shape index (κ2) is 37.4. The van der Waals surface area contributed by atoms with Crippen LogP contribution in [0, 0.1) is 5.92 Å². The summed E-state index contributed by atoms with van der Waals surface area (Å²) >= 11 is 0. The van der Waals surface area contributed by atoms with E-state index in [1.54, 1.807) is 0 Å². The Morgan fingerprint density at radius 3 is 1.03 bits per heavy atom. The summed E-state index contributed by atoms with van der Waals surface area (Å²) in [7, 11) is 2.25. The maximum Gasteiger partial charge on any atom is 0.224 e. The van der Waals surface area contributed by atoms with E-state index in [-0.39, 0.29) is 18.3 Å². The van der Waals surface area contributed by atoms with Crippen LogP contribution >= 0.6 is 0 Å². The fourth-order valence-electron chi connectivity index (χ4n) is 20.5. The fraction of sp³-hybridized carbons (Fsp3) is 0.788. The number of aliphatic hydroxyl groups is 3. The van der Waals surface area contributed by atoms with Crippen LogP contribution in [0.15, 0.2) is 37.2 Å². The van der Waals surface area contributed by atoms with Crippen molar-refractivity contribution in [2.24, 2.45) is 5.92 Å². The van der Waals surface area contributed by atoms with E-state index < -0.39 is 0 Å². The highest BCUT2D eigenvalue weighted by atomic mass is 16.3. The van der Waals surface area contributed by atoms with Crippen molar-refractivity contribution in [3.63, 3.8) is 0 Å². The molecule has 0 radical (unpaired) electrons. The van der Waals surface area contributed by atoms with Gasteiger partial charge in [0.05, 0.1) is 18.3 Å². The molecular formula is C85H138N16O3. The molecule has 10 heterocycles. The molecule has 15 rings (SSSR count). The molecule has 0 amide bonds. The third-order valence-corrected chi connectivity index (χ3v) is 26.8. The van der Waals surface area contributed by atoms with E-state index in [0.717, 1.165) is 168 Å². The van der Waals surface area contributed by atoms with Crippen molar-refractivity contribution >= 4 is 50.9 Å². The van der Waals surface area contributed by atoms with E-state index in [1.807, 2.05) is 0 Å². The number of hydrogen-bond acceptors (Lipinski definition) is 16. The second-order valence-corrected chi connectivity index (χ2v) is 34.7. The minimum Gasteiger partial charge on any atom is -0.393 e. The third-order valence-electron chi connectivity index (χ3n) is 26.8. The first-order valence-corrected chi connectivity index (χ1v) is 43.1. The number of aliphatic hydroxyl groups excluding tert-OH is 3. The van der Waals surface area contributed by atoms with Gasteiger partial charge in [-0.15, -0.1) is 0 Å². The average Bonchev–Trinajstić information content (AvgIpc) is 1.63. The van der Waals surface area contributed by atoms with E-state index in [2.05, 4.69) is 135 Å². The molecule has 0 unspecified atom stereocenters. The van der Waals surface area contributed by atoms with Crippen LogP contribution in [0.5, 0.6) is 0 Å². The zero-order valence-electron chi connectivity index (χ0n) is 65.6. The van der Waals surface area contributed by atoms with Gasteiger partial charge in [0, 0.05) is 108 Å². The molecule has 0 spiro atoms. The van der Waals surface area contributed by atoms with Gasteiger partial charge in [-0.3, -0.25) is 0 Å². The van der Waals surface area contributed by atoms with Gasteiger partial charge in [-0.25, -0.2) is 15.0 Å². The zero-order valence-corrected chi connectivity index (χ0v) is 65.6. The van der Waals surface area contributed by atoms with Crippen molar-refractivity contribution in [1.82, 2.24) is 63.2 Å². The van der Waals surface area contributed by atoms with Crippen LogP contribution in [-0.2, 0) is 0 Å². The van der Waals surface area contributed by atoms with Crippen molar-refractivity contribution in [2.45, 2.75) is 357 Å². The van der Waals surface area contributed by atoms with Crippen molar-refractivity contribution in [2.75, 3.05) is 81.9 Å². The molecule has 4 saturated heterocycles. The van der Waals surface area contributed by atoms with Crippen molar-refractivity contribution < 1.29 is 15.3 Å². The molecule has 6 aromatic heterocycles. The molecule has 104 heavy (non-hydrogen) atoms. The van der Waals surface area contributed by atoms with Gasteiger partial charge in [0.1, 0.15) is 16.9 Å². The number of rotatable bonds is 22. The zero-order chi connectivity index (χ0) is 72.1. The summed E-state index contributed by atoms with van der Waals surface area (Å²) < 4.78 is 7.33. The van der Waals surface area contributed by atoms with E-state index in [9.17, 15) is 15.3 Å². The maximum atomic E-state index is 10.1. The Bertz CT molecular complexity index is 3540. The molecule has 0 bridgehead atoms. The molecule has 6 aromatic rings. The molecule has 5 aliphatic carbocycles. The summed E-state index contributed by atoms with van der Waals surface area (Å²) in [4.78, 5) is 40.2. The second-order valence-electron chi connectivity index (χ2n) is 34.7. The molecule has 4 aliphatic heterocycles. The Hall–Kier alpha value is -5.02. The van der Waals surface area contributed by atoms with Gasteiger partial charge in [-0.2, -0.15) is 15.0 Å². The highest BCUT2D eigenvalue weighted by Crippen LogP contribution is 2.44. The van der Waals surface area contributed by atoms with Gasteiger partial charge in [-0.05, 0) is 294 Å². The molecule has 6 N–H and O–H groups in total. The molecule has 576 valence electrons. The van der Waals surface area contributed by atoms with Crippen LogP contribution in [-0.4, -0.2) is 193 Å². The lowest BCUT2D eigenvalue weighted by molar-refractivity contribution is 0.0966. The summed E-state index contributed by atoms with van der Waals surface area (Å²) in [5.74, 6) is 4.95. The van der Waals surface area contributed by atoms with Crippen molar-refractivity contribution in [1.29, 1.82) is 0 Å². The summed E-state index contributed by atoms with van der Waals surface area (Å²) in [6.45, 7) is 24.4. The van der Waals surface area contributed by atoms with E-state index in [0.29, 0.717) is 54.0 Å². The van der Waals surface area contributed by atoms with Gasteiger partial charge in [0.2, 0.25) is 17.8 Å². The largest absolute Gasteiger partial charge is 0.393 e. The number of nitrogens with zero attached hydrogens (tertiary/aromatic N) is 13. The quantitative estimate of drug-likeness (QED) is 0.0374. The first-order valence-electron chi connectivity index (χ1n) is 43.1. The van der Waals surface area contributed by atoms with E-state index in [1.165, 1.54) is 207 Å². The number of fused-ring (bicyclic) bond motifs is 3. The Morgan fingerprint density at radius 1 is 0.375 bits per heavy atom. The van der Waals surface area contributed by atoms with Crippen LogP contribution < -0.4 is 16.0 Å². The Labute approximate surface area is 625 Å². The lowest BCUT2D eigenvalue weighted by atomic mass is 9.86. The minimum absolute atomic E-state index is 0.136. The van der Waals surface area contributed by atoms with Crippen molar-refractivity contribution in [3.05, 3.63) is 53.9 Å². The summed E-state index contributed by atoms with van der Waals surface area (Å²) in [5, 5.41) is 44.5. The highest BCUT2D eigenvalue weighted by Gasteiger charge is 2.36. The third kappa shape index (κ3) is 19.7. The molecule has 9 aliphatic rings. The lowest BCUT2D eigenvalue weighted by Crippen LogP contribution is -2.46. The Morgan fingerprint density at radius 2 is 0.692 bits per heavy atom. The van der Waals surface area contributed by atoms with Crippen LogP contribution in [0.2, 0.25) is 0 Å².